The molecule has 2 fully saturated rings. The van der Waals surface area contributed by atoms with Crippen molar-refractivity contribution in [3.63, 3.8) is 0 Å². The first-order valence-corrected chi connectivity index (χ1v) is 9.06. The summed E-state index contributed by atoms with van der Waals surface area (Å²) in [6.45, 7) is 3.53. The Balaban J connectivity index is 1.49. The van der Waals surface area contributed by atoms with Gasteiger partial charge in [0, 0.05) is 31.4 Å². The van der Waals surface area contributed by atoms with Crippen LogP contribution >= 0.6 is 0 Å². The van der Waals surface area contributed by atoms with Crippen molar-refractivity contribution in [3.05, 3.63) is 29.7 Å². The Morgan fingerprint density at radius 1 is 1.23 bits per heavy atom. The number of likely N-dealkylation sites (tertiary alicyclic amines) is 1. The first-order chi connectivity index (χ1) is 12.7. The summed E-state index contributed by atoms with van der Waals surface area (Å²) in [7, 11) is 1.73. The van der Waals surface area contributed by atoms with Crippen molar-refractivity contribution in [1.82, 2.24) is 30.1 Å². The van der Waals surface area contributed by atoms with Crippen LogP contribution < -0.4 is 4.90 Å². The van der Waals surface area contributed by atoms with Crippen molar-refractivity contribution in [2.45, 2.75) is 25.4 Å². The molecule has 0 aromatic carbocycles. The van der Waals surface area contributed by atoms with Crippen molar-refractivity contribution in [2.24, 2.45) is 7.05 Å². The molecule has 1 atom stereocenters. The standard InChI is InChI=1S/C17H23N7O2/c1-22-20-16(19-21-22)14-12-24(9-10-26-14)15-11-13(5-6-18-15)17(25)23-7-3-2-4-8-23/h5-6,11,14H,2-4,7-10,12H2,1H3. The Morgan fingerprint density at radius 3 is 2.85 bits per heavy atom. The molecule has 26 heavy (non-hydrogen) atoms. The molecule has 138 valence electrons. The summed E-state index contributed by atoms with van der Waals surface area (Å²) in [4.78, 5) is 22.7. The average Bonchev–Trinajstić information content (AvgIpc) is 3.15. The van der Waals surface area contributed by atoms with E-state index in [1.54, 1.807) is 19.3 Å². The quantitative estimate of drug-likeness (QED) is 0.803. The van der Waals surface area contributed by atoms with Crippen molar-refractivity contribution < 1.29 is 9.53 Å². The molecule has 9 nitrogen and oxygen atoms in total. The SMILES string of the molecule is Cn1nnc(C2CN(c3cc(C(=O)N4CCCCC4)ccn3)CCO2)n1. The Hall–Kier alpha value is -2.55. The molecule has 1 unspecified atom stereocenters. The topological polar surface area (TPSA) is 89.3 Å². The highest BCUT2D eigenvalue weighted by atomic mass is 16.5. The van der Waals surface area contributed by atoms with Gasteiger partial charge < -0.3 is 14.5 Å². The molecule has 0 N–H and O–H groups in total. The van der Waals surface area contributed by atoms with E-state index < -0.39 is 0 Å². The lowest BCUT2D eigenvalue weighted by atomic mass is 10.1. The fourth-order valence-electron chi connectivity index (χ4n) is 3.45. The van der Waals surface area contributed by atoms with Crippen molar-refractivity contribution in [3.8, 4) is 0 Å². The highest BCUT2D eigenvalue weighted by Gasteiger charge is 2.27. The van der Waals surface area contributed by atoms with E-state index in [9.17, 15) is 4.79 Å². The Kier molecular flexibility index (Phi) is 4.79. The molecule has 9 heteroatoms. The van der Waals surface area contributed by atoms with E-state index in [2.05, 4.69) is 25.3 Å². The maximum Gasteiger partial charge on any atom is 0.254 e. The van der Waals surface area contributed by atoms with Crippen molar-refractivity contribution >= 4 is 11.7 Å². The minimum atomic E-state index is -0.249. The monoisotopic (exact) mass is 357 g/mol. The number of amides is 1. The van der Waals surface area contributed by atoms with Gasteiger partial charge in [0.2, 0.25) is 5.82 Å². The molecular formula is C17H23N7O2. The van der Waals surface area contributed by atoms with Crippen LogP contribution in [0.2, 0.25) is 0 Å². The molecule has 0 spiro atoms. The molecule has 2 aromatic heterocycles. The van der Waals surface area contributed by atoms with Crippen LogP contribution in [-0.2, 0) is 11.8 Å². The van der Waals surface area contributed by atoms with E-state index in [1.807, 2.05) is 11.0 Å². The normalized spacial score (nSPS) is 21.0. The third kappa shape index (κ3) is 3.52. The minimum Gasteiger partial charge on any atom is -0.366 e. The number of hydrogen-bond acceptors (Lipinski definition) is 7. The zero-order valence-electron chi connectivity index (χ0n) is 14.9. The second-order valence-corrected chi connectivity index (χ2v) is 6.70. The van der Waals surface area contributed by atoms with E-state index in [-0.39, 0.29) is 12.0 Å². The van der Waals surface area contributed by atoms with E-state index >= 15 is 0 Å². The van der Waals surface area contributed by atoms with Crippen LogP contribution in [0, 0.1) is 0 Å². The molecule has 0 bridgehead atoms. The number of pyridine rings is 1. The van der Waals surface area contributed by atoms with E-state index in [0.29, 0.717) is 31.1 Å². The summed E-state index contributed by atoms with van der Waals surface area (Å²) in [5.41, 5.74) is 0.692. The summed E-state index contributed by atoms with van der Waals surface area (Å²) >= 11 is 0. The largest absolute Gasteiger partial charge is 0.366 e. The van der Waals surface area contributed by atoms with Crippen molar-refractivity contribution in [2.75, 3.05) is 37.7 Å². The van der Waals surface area contributed by atoms with Gasteiger partial charge in [0.05, 0.1) is 20.2 Å². The van der Waals surface area contributed by atoms with Gasteiger partial charge in [-0.05, 0) is 36.6 Å². The lowest BCUT2D eigenvalue weighted by Crippen LogP contribution is -2.39. The fraction of sp³-hybridized carbons (Fsp3) is 0.588. The summed E-state index contributed by atoms with van der Waals surface area (Å²) in [6.07, 6.45) is 4.83. The van der Waals surface area contributed by atoms with Crippen LogP contribution in [-0.4, -0.2) is 68.8 Å². The molecule has 2 aliphatic heterocycles. The van der Waals surface area contributed by atoms with Crippen LogP contribution in [0.5, 0.6) is 0 Å². The zero-order valence-corrected chi connectivity index (χ0v) is 14.9. The van der Waals surface area contributed by atoms with E-state index in [0.717, 1.165) is 31.7 Å². The third-order valence-corrected chi connectivity index (χ3v) is 4.84. The Morgan fingerprint density at radius 2 is 2.08 bits per heavy atom. The number of anilines is 1. The molecule has 1 amide bonds. The summed E-state index contributed by atoms with van der Waals surface area (Å²) in [5, 5.41) is 12.1. The number of ether oxygens (including phenoxy) is 1. The predicted molar refractivity (Wildman–Crippen MR) is 93.7 cm³/mol. The molecule has 0 aliphatic carbocycles. The van der Waals surface area contributed by atoms with Gasteiger partial charge in [-0.3, -0.25) is 4.79 Å². The first-order valence-electron chi connectivity index (χ1n) is 9.06. The van der Waals surface area contributed by atoms with Crippen LogP contribution in [0.3, 0.4) is 0 Å². The van der Waals surface area contributed by atoms with Gasteiger partial charge in [0.25, 0.3) is 5.91 Å². The number of hydrogen-bond donors (Lipinski definition) is 0. The molecular weight excluding hydrogens is 334 g/mol. The second kappa shape index (κ2) is 7.36. The Labute approximate surface area is 151 Å². The number of piperidine rings is 1. The number of tetrazole rings is 1. The number of nitrogens with zero attached hydrogens (tertiary/aromatic N) is 7. The number of carbonyl (C=O) groups excluding carboxylic acids is 1. The van der Waals surface area contributed by atoms with Gasteiger partial charge in [-0.25, -0.2) is 4.98 Å². The summed E-state index contributed by atoms with van der Waals surface area (Å²) in [5.74, 6) is 1.44. The van der Waals surface area contributed by atoms with Crippen molar-refractivity contribution in [1.29, 1.82) is 0 Å². The zero-order chi connectivity index (χ0) is 17.9. The third-order valence-electron chi connectivity index (χ3n) is 4.84. The predicted octanol–water partition coefficient (Wildman–Crippen LogP) is 0.809. The molecule has 0 radical (unpaired) electrons. The minimum absolute atomic E-state index is 0.0914. The summed E-state index contributed by atoms with van der Waals surface area (Å²) in [6, 6.07) is 3.67. The fourth-order valence-corrected chi connectivity index (χ4v) is 3.45. The van der Waals surface area contributed by atoms with Crippen LogP contribution in [0.4, 0.5) is 5.82 Å². The number of rotatable bonds is 3. The van der Waals surface area contributed by atoms with Crippen LogP contribution in [0.15, 0.2) is 18.3 Å². The molecule has 2 saturated heterocycles. The summed E-state index contributed by atoms with van der Waals surface area (Å²) < 4.78 is 5.78. The van der Waals surface area contributed by atoms with E-state index in [4.69, 9.17) is 4.74 Å². The molecule has 4 rings (SSSR count). The smallest absolute Gasteiger partial charge is 0.254 e. The highest BCUT2D eigenvalue weighted by molar-refractivity contribution is 5.94. The molecule has 0 saturated carbocycles. The maximum atomic E-state index is 12.7. The lowest BCUT2D eigenvalue weighted by Gasteiger charge is -2.32. The van der Waals surface area contributed by atoms with Gasteiger partial charge in [-0.1, -0.05) is 0 Å². The number of aromatic nitrogens is 5. The lowest BCUT2D eigenvalue weighted by molar-refractivity contribution is 0.0336. The second-order valence-electron chi connectivity index (χ2n) is 6.70. The van der Waals surface area contributed by atoms with E-state index in [1.165, 1.54) is 11.2 Å². The molecule has 2 aliphatic rings. The van der Waals surface area contributed by atoms with Gasteiger partial charge in [-0.2, -0.15) is 4.80 Å². The number of morpholine rings is 1. The van der Waals surface area contributed by atoms with Gasteiger partial charge in [0.1, 0.15) is 11.9 Å². The van der Waals surface area contributed by atoms with Gasteiger partial charge in [-0.15, -0.1) is 10.2 Å². The number of carbonyl (C=O) groups is 1. The Bertz CT molecular complexity index is 772. The average molecular weight is 357 g/mol. The van der Waals surface area contributed by atoms with Crippen LogP contribution in [0.25, 0.3) is 0 Å². The maximum absolute atomic E-state index is 12.7. The van der Waals surface area contributed by atoms with Gasteiger partial charge >= 0.3 is 0 Å². The number of aryl methyl sites for hydroxylation is 1. The van der Waals surface area contributed by atoms with Crippen LogP contribution in [0.1, 0.15) is 41.5 Å². The molecule has 4 heterocycles. The van der Waals surface area contributed by atoms with Gasteiger partial charge in [0.15, 0.2) is 0 Å². The highest BCUT2D eigenvalue weighted by Crippen LogP contribution is 2.24. The first kappa shape index (κ1) is 16.9. The molecule has 2 aromatic rings.